The van der Waals surface area contributed by atoms with Crippen LogP contribution in [-0.4, -0.2) is 33.5 Å². The zero-order valence-corrected chi connectivity index (χ0v) is 15.7. The predicted octanol–water partition coefficient (Wildman–Crippen LogP) is 2.18. The summed E-state index contributed by atoms with van der Waals surface area (Å²) in [6.45, 7) is 1.30. The number of ether oxygens (including phenoxy) is 2. The number of esters is 1. The Balaban J connectivity index is 2.34. The maximum Gasteiger partial charge on any atom is 0.341 e. The van der Waals surface area contributed by atoms with E-state index in [-0.39, 0.29) is 23.4 Å². The van der Waals surface area contributed by atoms with Gasteiger partial charge in [0, 0.05) is 12.6 Å². The first-order chi connectivity index (χ1) is 12.7. The van der Waals surface area contributed by atoms with Crippen LogP contribution in [0.25, 0.3) is 0 Å². The van der Waals surface area contributed by atoms with E-state index >= 15 is 0 Å². The Labute approximate surface area is 156 Å². The van der Waals surface area contributed by atoms with Gasteiger partial charge in [0.15, 0.2) is 4.90 Å². The van der Waals surface area contributed by atoms with Crippen LogP contribution in [-0.2, 0) is 21.3 Å². The van der Waals surface area contributed by atoms with Crippen LogP contribution >= 0.6 is 0 Å². The lowest BCUT2D eigenvalue weighted by Crippen LogP contribution is -2.25. The topological polar surface area (TPSA) is 125 Å². The van der Waals surface area contributed by atoms with Crippen LogP contribution in [0.2, 0.25) is 0 Å². The summed E-state index contributed by atoms with van der Waals surface area (Å²) in [4.78, 5) is 21.8. The maximum atomic E-state index is 12.6. The monoisotopic (exact) mass is 394 g/mol. The van der Waals surface area contributed by atoms with Gasteiger partial charge in [0.2, 0.25) is 10.0 Å². The zero-order chi connectivity index (χ0) is 20.2. The number of carbonyl (C=O) groups excluding carboxylic acids is 1. The normalized spacial score (nSPS) is 11.1. The fourth-order valence-corrected chi connectivity index (χ4v) is 3.93. The van der Waals surface area contributed by atoms with E-state index in [9.17, 15) is 23.3 Å². The van der Waals surface area contributed by atoms with Gasteiger partial charge in [-0.2, -0.15) is 0 Å². The predicted molar refractivity (Wildman–Crippen MR) is 96.2 cm³/mol. The number of benzene rings is 2. The molecular weight excluding hydrogens is 376 g/mol. The molecule has 0 aliphatic heterocycles. The highest BCUT2D eigenvalue weighted by atomic mass is 32.2. The molecule has 0 heterocycles. The van der Waals surface area contributed by atoms with E-state index in [0.717, 1.165) is 6.07 Å². The van der Waals surface area contributed by atoms with E-state index in [1.165, 1.54) is 45.4 Å². The highest BCUT2D eigenvalue weighted by Gasteiger charge is 2.27. The van der Waals surface area contributed by atoms with Crippen molar-refractivity contribution >= 4 is 21.7 Å². The van der Waals surface area contributed by atoms with Crippen molar-refractivity contribution in [3.63, 3.8) is 0 Å². The van der Waals surface area contributed by atoms with Gasteiger partial charge in [0.25, 0.3) is 5.69 Å². The molecule has 0 aromatic heterocycles. The van der Waals surface area contributed by atoms with Gasteiger partial charge in [-0.1, -0.05) is 18.2 Å². The molecule has 0 unspecified atom stereocenters. The van der Waals surface area contributed by atoms with Crippen LogP contribution in [0.4, 0.5) is 5.69 Å². The Bertz CT molecular complexity index is 987. The summed E-state index contributed by atoms with van der Waals surface area (Å²) >= 11 is 0. The second kappa shape index (κ2) is 8.14. The molecule has 2 aromatic carbocycles. The van der Waals surface area contributed by atoms with Gasteiger partial charge in [0.1, 0.15) is 11.3 Å². The third-order valence-corrected chi connectivity index (χ3v) is 5.38. The summed E-state index contributed by atoms with van der Waals surface area (Å²) in [6, 6.07) is 8.53. The zero-order valence-electron chi connectivity index (χ0n) is 14.9. The molecule has 2 rings (SSSR count). The van der Waals surface area contributed by atoms with Crippen molar-refractivity contribution in [1.29, 1.82) is 0 Å². The van der Waals surface area contributed by atoms with Gasteiger partial charge < -0.3 is 9.47 Å². The number of nitrogens with zero attached hydrogens (tertiary/aromatic N) is 1. The van der Waals surface area contributed by atoms with Crippen molar-refractivity contribution in [2.45, 2.75) is 18.4 Å². The minimum atomic E-state index is -4.16. The Morgan fingerprint density at radius 2 is 1.93 bits per heavy atom. The third-order valence-electron chi connectivity index (χ3n) is 3.79. The van der Waals surface area contributed by atoms with Gasteiger partial charge in [-0.25, -0.2) is 17.9 Å². The molecule has 1 N–H and O–H groups in total. The molecule has 0 radical (unpaired) electrons. The second-order valence-corrected chi connectivity index (χ2v) is 7.23. The molecule has 0 aliphatic rings. The van der Waals surface area contributed by atoms with Gasteiger partial charge in [-0.3, -0.25) is 10.1 Å². The Morgan fingerprint density at radius 3 is 2.52 bits per heavy atom. The number of methoxy groups -OCH3 is 2. The SMILES string of the molecule is COC(=O)c1cc(CNS(=O)(=O)c2c(C)cccc2[N+](=O)[O-])ccc1OC. The number of nitro benzene ring substituents is 1. The van der Waals surface area contributed by atoms with E-state index in [4.69, 9.17) is 4.74 Å². The lowest BCUT2D eigenvalue weighted by molar-refractivity contribution is -0.387. The third kappa shape index (κ3) is 4.41. The highest BCUT2D eigenvalue weighted by molar-refractivity contribution is 7.89. The first-order valence-corrected chi connectivity index (χ1v) is 9.18. The van der Waals surface area contributed by atoms with E-state index < -0.39 is 31.5 Å². The summed E-state index contributed by atoms with van der Waals surface area (Å²) in [5.74, 6) is -0.353. The number of sulfonamides is 1. The minimum Gasteiger partial charge on any atom is -0.496 e. The minimum absolute atomic E-state index is 0.138. The van der Waals surface area contributed by atoms with Gasteiger partial charge in [-0.15, -0.1) is 0 Å². The molecule has 144 valence electrons. The van der Waals surface area contributed by atoms with E-state index in [2.05, 4.69) is 9.46 Å². The summed E-state index contributed by atoms with van der Waals surface area (Å²) in [5.41, 5.74) is 0.337. The lowest BCUT2D eigenvalue weighted by Gasteiger charge is -2.12. The van der Waals surface area contributed by atoms with E-state index in [0.29, 0.717) is 5.56 Å². The lowest BCUT2D eigenvalue weighted by atomic mass is 10.1. The van der Waals surface area contributed by atoms with Crippen molar-refractivity contribution in [2.24, 2.45) is 0 Å². The smallest absolute Gasteiger partial charge is 0.341 e. The number of nitro groups is 1. The largest absolute Gasteiger partial charge is 0.496 e. The molecule has 0 saturated heterocycles. The van der Waals surface area contributed by atoms with Crippen molar-refractivity contribution in [3.8, 4) is 5.75 Å². The Morgan fingerprint density at radius 1 is 1.22 bits per heavy atom. The van der Waals surface area contributed by atoms with Crippen LogP contribution in [0.1, 0.15) is 21.5 Å². The highest BCUT2D eigenvalue weighted by Crippen LogP contribution is 2.27. The molecule has 2 aromatic rings. The fraction of sp³-hybridized carbons (Fsp3) is 0.235. The van der Waals surface area contributed by atoms with Crippen molar-refractivity contribution < 1.29 is 27.6 Å². The van der Waals surface area contributed by atoms with Crippen LogP contribution in [0, 0.1) is 17.0 Å². The Hall–Kier alpha value is -2.98. The fourth-order valence-electron chi connectivity index (χ4n) is 2.52. The molecule has 0 bridgehead atoms. The van der Waals surface area contributed by atoms with Crippen molar-refractivity contribution in [3.05, 3.63) is 63.2 Å². The molecule has 0 aliphatic carbocycles. The van der Waals surface area contributed by atoms with Crippen LogP contribution in [0.15, 0.2) is 41.3 Å². The summed E-state index contributed by atoms with van der Waals surface area (Å²) in [7, 11) is -1.55. The number of carbonyl (C=O) groups is 1. The summed E-state index contributed by atoms with van der Waals surface area (Å²) in [6.07, 6.45) is 0. The number of rotatable bonds is 7. The second-order valence-electron chi connectivity index (χ2n) is 5.53. The quantitative estimate of drug-likeness (QED) is 0.433. The number of aryl methyl sites for hydroxylation is 1. The molecular formula is C17H18N2O7S. The van der Waals surface area contributed by atoms with Gasteiger partial charge in [0.05, 0.1) is 19.1 Å². The first-order valence-electron chi connectivity index (χ1n) is 7.70. The molecule has 0 saturated carbocycles. The molecule has 0 amide bonds. The van der Waals surface area contributed by atoms with Crippen LogP contribution in [0.3, 0.4) is 0 Å². The van der Waals surface area contributed by atoms with Crippen LogP contribution in [0.5, 0.6) is 5.75 Å². The standard InChI is InChI=1S/C17H18N2O7S/c1-11-5-4-6-14(19(21)22)16(11)27(23,24)18-10-12-7-8-15(25-2)13(9-12)17(20)26-3/h4-9,18H,10H2,1-3H3. The van der Waals surface area contributed by atoms with E-state index in [1.807, 2.05) is 0 Å². The molecule has 0 spiro atoms. The number of hydrogen-bond acceptors (Lipinski definition) is 7. The van der Waals surface area contributed by atoms with Gasteiger partial charge >= 0.3 is 5.97 Å². The molecule has 10 heteroatoms. The Kier molecular flexibility index (Phi) is 6.13. The van der Waals surface area contributed by atoms with Crippen molar-refractivity contribution in [2.75, 3.05) is 14.2 Å². The maximum absolute atomic E-state index is 12.6. The first kappa shape index (κ1) is 20.3. The molecule has 27 heavy (non-hydrogen) atoms. The molecule has 0 fully saturated rings. The molecule has 9 nitrogen and oxygen atoms in total. The summed E-state index contributed by atoms with van der Waals surface area (Å²) in [5, 5.41) is 11.2. The van der Waals surface area contributed by atoms with Gasteiger partial charge in [-0.05, 0) is 30.2 Å². The van der Waals surface area contributed by atoms with Crippen molar-refractivity contribution in [1.82, 2.24) is 4.72 Å². The summed E-state index contributed by atoms with van der Waals surface area (Å²) < 4.78 is 37.3. The average molecular weight is 394 g/mol. The number of nitrogens with one attached hydrogen (secondary N) is 1. The van der Waals surface area contributed by atoms with E-state index in [1.54, 1.807) is 6.07 Å². The molecule has 0 atom stereocenters. The average Bonchev–Trinajstić information content (AvgIpc) is 2.65. The van der Waals surface area contributed by atoms with Crippen LogP contribution < -0.4 is 9.46 Å². The number of hydrogen-bond donors (Lipinski definition) is 1.